The first-order valence-corrected chi connectivity index (χ1v) is 6.97. The van der Waals surface area contributed by atoms with E-state index in [1.165, 1.54) is 16.2 Å². The number of aryl methyl sites for hydroxylation is 2. The van der Waals surface area contributed by atoms with Gasteiger partial charge in [-0.2, -0.15) is 0 Å². The van der Waals surface area contributed by atoms with Crippen molar-refractivity contribution in [2.45, 2.75) is 33.2 Å². The lowest BCUT2D eigenvalue weighted by atomic mass is 10.1. The Morgan fingerprint density at radius 2 is 2.16 bits per heavy atom. The molecule has 1 N–H and O–H groups in total. The molecule has 0 aliphatic carbocycles. The molecule has 19 heavy (non-hydrogen) atoms. The largest absolute Gasteiger partial charge is 0.317 e. The predicted molar refractivity (Wildman–Crippen MR) is 72.1 cm³/mol. The van der Waals surface area contributed by atoms with E-state index in [1.807, 2.05) is 26.8 Å². The van der Waals surface area contributed by atoms with Crippen LogP contribution in [0.5, 0.6) is 0 Å². The molecule has 5 nitrogen and oxygen atoms in total. The van der Waals surface area contributed by atoms with Crippen molar-refractivity contribution in [1.82, 2.24) is 10.2 Å². The molecule has 1 unspecified atom stereocenters. The summed E-state index contributed by atoms with van der Waals surface area (Å²) in [4.78, 5) is 39.0. The fraction of sp³-hybridized carbons (Fsp3) is 0.462. The second-order valence-corrected chi connectivity index (χ2v) is 6.06. The summed E-state index contributed by atoms with van der Waals surface area (Å²) in [5.74, 6) is -1.05. The number of carbonyl (C=O) groups is 3. The normalized spacial score (nSPS) is 19.5. The Bertz CT molecular complexity index is 550. The van der Waals surface area contributed by atoms with Crippen LogP contribution in [-0.2, 0) is 9.59 Å². The highest BCUT2D eigenvalue weighted by Crippen LogP contribution is 2.23. The molecule has 0 aromatic carbocycles. The minimum Gasteiger partial charge on any atom is -0.317 e. The molecule has 1 atom stereocenters. The van der Waals surface area contributed by atoms with Crippen molar-refractivity contribution in [3.05, 3.63) is 21.4 Å². The first kappa shape index (κ1) is 13.7. The molecule has 1 aliphatic heterocycles. The Morgan fingerprint density at radius 3 is 2.68 bits per heavy atom. The Kier molecular flexibility index (Phi) is 3.71. The van der Waals surface area contributed by atoms with E-state index in [2.05, 4.69) is 5.32 Å². The van der Waals surface area contributed by atoms with Crippen LogP contribution in [0.4, 0.5) is 0 Å². The third kappa shape index (κ3) is 2.53. The van der Waals surface area contributed by atoms with E-state index in [0.717, 1.165) is 9.75 Å². The van der Waals surface area contributed by atoms with Crippen molar-refractivity contribution in [2.75, 3.05) is 6.54 Å². The molecule has 0 bridgehead atoms. The lowest BCUT2D eigenvalue weighted by Gasteiger charge is -2.33. The number of hydrogen-bond donors (Lipinski definition) is 1. The summed E-state index contributed by atoms with van der Waals surface area (Å²) in [7, 11) is 0. The van der Waals surface area contributed by atoms with Crippen molar-refractivity contribution >= 4 is 29.1 Å². The minimum absolute atomic E-state index is 0.0581. The first-order chi connectivity index (χ1) is 8.93. The fourth-order valence-corrected chi connectivity index (χ4v) is 3.20. The summed E-state index contributed by atoms with van der Waals surface area (Å²) in [6.07, 6.45) is 0.493. The second kappa shape index (κ2) is 5.13. The van der Waals surface area contributed by atoms with Crippen LogP contribution in [-0.4, -0.2) is 35.2 Å². The molecule has 0 radical (unpaired) electrons. The molecule has 3 amide bonds. The van der Waals surface area contributed by atoms with Crippen LogP contribution in [0, 0.1) is 13.8 Å². The van der Waals surface area contributed by atoms with Gasteiger partial charge in [-0.1, -0.05) is 6.92 Å². The van der Waals surface area contributed by atoms with Gasteiger partial charge >= 0.3 is 0 Å². The van der Waals surface area contributed by atoms with Gasteiger partial charge < -0.3 is 4.90 Å². The summed E-state index contributed by atoms with van der Waals surface area (Å²) in [6, 6.07) is 1.25. The third-order valence-corrected chi connectivity index (χ3v) is 4.14. The van der Waals surface area contributed by atoms with Gasteiger partial charge in [-0.05, 0) is 26.3 Å². The van der Waals surface area contributed by atoms with Crippen LogP contribution in [0.15, 0.2) is 6.07 Å². The summed E-state index contributed by atoms with van der Waals surface area (Å²) in [6.45, 7) is 5.57. The topological polar surface area (TPSA) is 66.5 Å². The molecule has 1 aromatic heterocycles. The van der Waals surface area contributed by atoms with Crippen LogP contribution in [0.1, 0.15) is 33.5 Å². The number of carbonyl (C=O) groups excluding carboxylic acids is 3. The van der Waals surface area contributed by atoms with Crippen molar-refractivity contribution < 1.29 is 14.4 Å². The smallest absolute Gasteiger partial charge is 0.256 e. The van der Waals surface area contributed by atoms with Crippen molar-refractivity contribution in [3.63, 3.8) is 0 Å². The maximum absolute atomic E-state index is 12.5. The summed E-state index contributed by atoms with van der Waals surface area (Å²) >= 11 is 1.54. The number of amides is 3. The van der Waals surface area contributed by atoms with Gasteiger partial charge in [0.05, 0.1) is 5.56 Å². The summed E-state index contributed by atoms with van der Waals surface area (Å²) < 4.78 is 0. The molecule has 102 valence electrons. The molecular formula is C13H16N2O3S. The molecular weight excluding hydrogens is 264 g/mol. The Hall–Kier alpha value is -1.69. The van der Waals surface area contributed by atoms with Crippen LogP contribution >= 0.6 is 11.3 Å². The zero-order valence-electron chi connectivity index (χ0n) is 11.1. The van der Waals surface area contributed by atoms with Crippen LogP contribution < -0.4 is 5.32 Å². The summed E-state index contributed by atoms with van der Waals surface area (Å²) in [5.41, 5.74) is 0.587. The predicted octanol–water partition coefficient (Wildman–Crippen LogP) is 1.24. The van der Waals surface area contributed by atoms with Gasteiger partial charge in [-0.25, -0.2) is 0 Å². The van der Waals surface area contributed by atoms with Gasteiger partial charge in [0.15, 0.2) is 0 Å². The standard InChI is InChI=1S/C13H16N2O3S/c1-4-10-12(17)14-11(16)6-15(10)13(18)9-5-7(2)19-8(9)3/h5,10H,4,6H2,1-3H3,(H,14,16,17). The lowest BCUT2D eigenvalue weighted by Crippen LogP contribution is -2.59. The van der Waals surface area contributed by atoms with E-state index in [4.69, 9.17) is 0 Å². The monoisotopic (exact) mass is 280 g/mol. The van der Waals surface area contributed by atoms with Gasteiger partial charge in [0.1, 0.15) is 12.6 Å². The molecule has 2 heterocycles. The molecule has 1 aromatic rings. The number of hydrogen-bond acceptors (Lipinski definition) is 4. The number of thiophene rings is 1. The van der Waals surface area contributed by atoms with E-state index >= 15 is 0 Å². The van der Waals surface area contributed by atoms with E-state index < -0.39 is 17.9 Å². The van der Waals surface area contributed by atoms with Crippen LogP contribution in [0.2, 0.25) is 0 Å². The van der Waals surface area contributed by atoms with Gasteiger partial charge in [-0.15, -0.1) is 11.3 Å². The molecule has 1 aliphatic rings. The average molecular weight is 280 g/mol. The summed E-state index contributed by atoms with van der Waals surface area (Å²) in [5, 5.41) is 2.27. The average Bonchev–Trinajstić information content (AvgIpc) is 2.66. The van der Waals surface area contributed by atoms with Crippen LogP contribution in [0.25, 0.3) is 0 Å². The fourth-order valence-electron chi connectivity index (χ4n) is 2.28. The number of nitrogens with zero attached hydrogens (tertiary/aromatic N) is 1. The SMILES string of the molecule is CCC1C(=O)NC(=O)CN1C(=O)c1cc(C)sc1C. The maximum Gasteiger partial charge on any atom is 0.256 e. The Labute approximate surface area is 115 Å². The molecule has 1 saturated heterocycles. The Morgan fingerprint density at radius 1 is 1.47 bits per heavy atom. The van der Waals surface area contributed by atoms with Crippen LogP contribution in [0.3, 0.4) is 0 Å². The second-order valence-electron chi connectivity index (χ2n) is 4.60. The van der Waals surface area contributed by atoms with Gasteiger partial charge in [0.25, 0.3) is 5.91 Å². The molecule has 0 spiro atoms. The molecule has 2 rings (SSSR count). The number of imide groups is 1. The molecule has 1 fully saturated rings. The quantitative estimate of drug-likeness (QED) is 0.829. The zero-order valence-corrected chi connectivity index (χ0v) is 12.0. The molecule has 6 heteroatoms. The van der Waals surface area contributed by atoms with Crippen molar-refractivity contribution in [1.29, 1.82) is 0 Å². The van der Waals surface area contributed by atoms with Crippen molar-refractivity contribution in [2.24, 2.45) is 0 Å². The Balaban J connectivity index is 2.32. The third-order valence-electron chi connectivity index (χ3n) is 3.17. The number of piperazine rings is 1. The van der Waals surface area contributed by atoms with E-state index in [9.17, 15) is 14.4 Å². The van der Waals surface area contributed by atoms with E-state index in [1.54, 1.807) is 0 Å². The minimum atomic E-state index is -0.565. The van der Waals surface area contributed by atoms with Gasteiger partial charge in [0, 0.05) is 9.75 Å². The first-order valence-electron chi connectivity index (χ1n) is 6.15. The lowest BCUT2D eigenvalue weighted by molar-refractivity contribution is -0.138. The van der Waals surface area contributed by atoms with E-state index in [-0.39, 0.29) is 12.5 Å². The van der Waals surface area contributed by atoms with Crippen molar-refractivity contribution in [3.8, 4) is 0 Å². The van der Waals surface area contributed by atoms with Gasteiger partial charge in [0.2, 0.25) is 11.8 Å². The highest BCUT2D eigenvalue weighted by Gasteiger charge is 2.36. The van der Waals surface area contributed by atoms with E-state index in [0.29, 0.717) is 12.0 Å². The number of rotatable bonds is 2. The number of nitrogens with one attached hydrogen (secondary N) is 1. The zero-order chi connectivity index (χ0) is 14.2. The van der Waals surface area contributed by atoms with Gasteiger partial charge in [-0.3, -0.25) is 19.7 Å². The molecule has 0 saturated carbocycles. The highest BCUT2D eigenvalue weighted by molar-refractivity contribution is 7.12. The highest BCUT2D eigenvalue weighted by atomic mass is 32.1. The maximum atomic E-state index is 12.5.